The number of rotatable bonds is 4. The molecule has 2 atom stereocenters. The molecule has 0 fully saturated rings. The lowest BCUT2D eigenvalue weighted by Gasteiger charge is -2.28. The third-order valence-electron chi connectivity index (χ3n) is 3.34. The molecule has 1 aliphatic heterocycles. The summed E-state index contributed by atoms with van der Waals surface area (Å²) in [5.74, 6) is -0.473. The predicted molar refractivity (Wildman–Crippen MR) is 65.8 cm³/mol. The molecule has 0 aliphatic carbocycles. The van der Waals surface area contributed by atoms with E-state index < -0.39 is 11.5 Å². The first-order valence-corrected chi connectivity index (χ1v) is 5.97. The molecule has 0 bridgehead atoms. The Kier molecular flexibility index (Phi) is 3.17. The molecule has 0 amide bonds. The van der Waals surface area contributed by atoms with Crippen molar-refractivity contribution < 1.29 is 19.7 Å². The highest BCUT2D eigenvalue weighted by molar-refractivity contribution is 5.83. The first-order valence-electron chi connectivity index (χ1n) is 5.97. The summed E-state index contributed by atoms with van der Waals surface area (Å²) in [6.45, 7) is 3.95. The van der Waals surface area contributed by atoms with Gasteiger partial charge in [0.2, 0.25) is 0 Å². The lowest BCUT2D eigenvalue weighted by atomic mass is 9.91. The minimum atomic E-state index is -1.22. The van der Waals surface area contributed by atoms with Crippen LogP contribution in [0.4, 0.5) is 0 Å². The van der Waals surface area contributed by atoms with Crippen LogP contribution in [0.2, 0.25) is 0 Å². The zero-order valence-corrected chi connectivity index (χ0v) is 10.4. The van der Waals surface area contributed by atoms with Crippen molar-refractivity contribution in [1.29, 1.82) is 0 Å². The summed E-state index contributed by atoms with van der Waals surface area (Å²) in [4.78, 5) is 11.6. The molecular formula is C13H17NO4. The van der Waals surface area contributed by atoms with E-state index in [9.17, 15) is 15.0 Å². The second-order valence-electron chi connectivity index (χ2n) is 4.63. The van der Waals surface area contributed by atoms with Crippen LogP contribution in [0.15, 0.2) is 18.2 Å². The monoisotopic (exact) mass is 251 g/mol. The predicted octanol–water partition coefficient (Wildman–Crippen LogP) is 1.45. The maximum atomic E-state index is 11.6. The zero-order chi connectivity index (χ0) is 13.3. The normalized spacial score (nSPS) is 23.2. The lowest BCUT2D eigenvalue weighted by Crippen LogP contribution is -2.53. The van der Waals surface area contributed by atoms with Crippen LogP contribution < -0.4 is 10.1 Å². The van der Waals surface area contributed by atoms with Crippen molar-refractivity contribution in [3.05, 3.63) is 23.8 Å². The van der Waals surface area contributed by atoms with Gasteiger partial charge in [0, 0.05) is 17.7 Å². The summed E-state index contributed by atoms with van der Waals surface area (Å²) >= 11 is 0. The van der Waals surface area contributed by atoms with Crippen LogP contribution in [0, 0.1) is 0 Å². The molecule has 1 aromatic carbocycles. The van der Waals surface area contributed by atoms with E-state index in [1.54, 1.807) is 6.07 Å². The van der Waals surface area contributed by atoms with Crippen LogP contribution in [-0.2, 0) is 10.3 Å². The Hall–Kier alpha value is -1.75. The summed E-state index contributed by atoms with van der Waals surface area (Å²) in [5, 5.41) is 22.0. The molecule has 5 nitrogen and oxygen atoms in total. The van der Waals surface area contributed by atoms with Gasteiger partial charge in [-0.1, -0.05) is 6.92 Å². The highest BCUT2D eigenvalue weighted by Gasteiger charge is 2.48. The van der Waals surface area contributed by atoms with Gasteiger partial charge in [-0.15, -0.1) is 0 Å². The molecule has 0 saturated carbocycles. The van der Waals surface area contributed by atoms with Crippen LogP contribution in [0.5, 0.6) is 11.5 Å². The fourth-order valence-corrected chi connectivity index (χ4v) is 2.13. The summed E-state index contributed by atoms with van der Waals surface area (Å²) in [6.07, 6.45) is 0.822. The number of carbonyl (C=O) groups is 1. The number of nitrogens with one attached hydrogen (secondary N) is 1. The number of phenolic OH excluding ortho intramolecular Hbond substituents is 1. The minimum Gasteiger partial charge on any atom is -0.508 e. The smallest absolute Gasteiger partial charge is 0.332 e. The van der Waals surface area contributed by atoms with E-state index in [2.05, 4.69) is 5.32 Å². The Morgan fingerprint density at radius 1 is 1.61 bits per heavy atom. The number of hydrogen-bond donors (Lipinski definition) is 3. The number of fused-ring (bicyclic) bond motifs is 1. The van der Waals surface area contributed by atoms with E-state index in [1.165, 1.54) is 12.1 Å². The van der Waals surface area contributed by atoms with Crippen molar-refractivity contribution in [1.82, 2.24) is 5.32 Å². The molecule has 0 saturated heterocycles. The fraction of sp³-hybridized carbons (Fsp3) is 0.462. The van der Waals surface area contributed by atoms with E-state index in [0.717, 1.165) is 6.42 Å². The van der Waals surface area contributed by atoms with Gasteiger partial charge in [0.1, 0.15) is 18.1 Å². The summed E-state index contributed by atoms with van der Waals surface area (Å²) in [5.41, 5.74) is -0.661. The van der Waals surface area contributed by atoms with Gasteiger partial charge in [-0.2, -0.15) is 0 Å². The van der Waals surface area contributed by atoms with Gasteiger partial charge in [-0.3, -0.25) is 5.32 Å². The van der Waals surface area contributed by atoms with Gasteiger partial charge in [-0.05, 0) is 25.5 Å². The zero-order valence-electron chi connectivity index (χ0n) is 10.4. The molecule has 1 heterocycles. The molecule has 2 unspecified atom stereocenters. The number of ether oxygens (including phenoxy) is 1. The number of benzene rings is 1. The van der Waals surface area contributed by atoms with E-state index in [4.69, 9.17) is 4.74 Å². The topological polar surface area (TPSA) is 78.8 Å². The van der Waals surface area contributed by atoms with Crippen molar-refractivity contribution in [3.8, 4) is 11.5 Å². The van der Waals surface area contributed by atoms with Crippen molar-refractivity contribution in [2.24, 2.45) is 0 Å². The van der Waals surface area contributed by atoms with Crippen LogP contribution in [0.3, 0.4) is 0 Å². The van der Waals surface area contributed by atoms with Crippen LogP contribution in [-0.4, -0.2) is 28.8 Å². The first kappa shape index (κ1) is 12.7. The molecule has 0 aromatic heterocycles. The molecule has 18 heavy (non-hydrogen) atoms. The Morgan fingerprint density at radius 3 is 2.94 bits per heavy atom. The molecule has 1 aromatic rings. The Morgan fingerprint density at radius 2 is 2.33 bits per heavy atom. The average molecular weight is 251 g/mol. The van der Waals surface area contributed by atoms with Gasteiger partial charge in [0.15, 0.2) is 5.54 Å². The SMILES string of the molecule is CCC(C)NC1(C(=O)O)COc2cc(O)ccc21. The highest BCUT2D eigenvalue weighted by atomic mass is 16.5. The lowest BCUT2D eigenvalue weighted by molar-refractivity contribution is -0.146. The Balaban J connectivity index is 2.44. The fourth-order valence-electron chi connectivity index (χ4n) is 2.13. The maximum Gasteiger partial charge on any atom is 0.332 e. The third-order valence-corrected chi connectivity index (χ3v) is 3.34. The molecule has 5 heteroatoms. The van der Waals surface area contributed by atoms with Gasteiger partial charge < -0.3 is 14.9 Å². The molecule has 1 aliphatic rings. The van der Waals surface area contributed by atoms with Gasteiger partial charge in [0.25, 0.3) is 0 Å². The molecular weight excluding hydrogens is 234 g/mol. The average Bonchev–Trinajstić information content (AvgIpc) is 2.68. The molecule has 0 radical (unpaired) electrons. The largest absolute Gasteiger partial charge is 0.508 e. The van der Waals surface area contributed by atoms with E-state index in [-0.39, 0.29) is 18.4 Å². The van der Waals surface area contributed by atoms with E-state index in [0.29, 0.717) is 11.3 Å². The van der Waals surface area contributed by atoms with E-state index in [1.807, 2.05) is 13.8 Å². The highest BCUT2D eigenvalue weighted by Crippen LogP contribution is 2.39. The first-order chi connectivity index (χ1) is 8.49. The molecule has 2 rings (SSSR count). The Labute approximate surface area is 105 Å². The second kappa shape index (κ2) is 4.49. The third kappa shape index (κ3) is 1.90. The summed E-state index contributed by atoms with van der Waals surface area (Å²) < 4.78 is 5.40. The molecule has 98 valence electrons. The maximum absolute atomic E-state index is 11.6. The molecule has 3 N–H and O–H groups in total. The standard InChI is InChI=1S/C13H17NO4/c1-3-8(2)14-13(12(16)17)7-18-11-6-9(15)4-5-10(11)13/h4-6,8,14-15H,3,7H2,1-2H3,(H,16,17). The Bertz CT molecular complexity index is 474. The van der Waals surface area contributed by atoms with Crippen molar-refractivity contribution in [2.45, 2.75) is 31.8 Å². The summed E-state index contributed by atoms with van der Waals surface area (Å²) in [6, 6.07) is 4.58. The van der Waals surface area contributed by atoms with Crippen molar-refractivity contribution in [2.75, 3.05) is 6.61 Å². The van der Waals surface area contributed by atoms with E-state index >= 15 is 0 Å². The number of hydrogen-bond acceptors (Lipinski definition) is 4. The van der Waals surface area contributed by atoms with Gasteiger partial charge in [-0.25, -0.2) is 4.79 Å². The quantitative estimate of drug-likeness (QED) is 0.755. The number of phenols is 1. The minimum absolute atomic E-state index is 0.0332. The van der Waals surface area contributed by atoms with Crippen LogP contribution in [0.25, 0.3) is 0 Å². The van der Waals surface area contributed by atoms with Crippen molar-refractivity contribution >= 4 is 5.97 Å². The van der Waals surface area contributed by atoms with Gasteiger partial charge in [0.05, 0.1) is 0 Å². The summed E-state index contributed by atoms with van der Waals surface area (Å²) in [7, 11) is 0. The number of carboxylic acids is 1. The van der Waals surface area contributed by atoms with Crippen molar-refractivity contribution in [3.63, 3.8) is 0 Å². The molecule has 0 spiro atoms. The number of aromatic hydroxyl groups is 1. The van der Waals surface area contributed by atoms with Crippen LogP contribution in [0.1, 0.15) is 25.8 Å². The second-order valence-corrected chi connectivity index (χ2v) is 4.63. The van der Waals surface area contributed by atoms with Gasteiger partial charge >= 0.3 is 5.97 Å². The van der Waals surface area contributed by atoms with Crippen LogP contribution >= 0.6 is 0 Å². The number of carboxylic acid groups (broad SMARTS) is 1. The number of aliphatic carboxylic acids is 1.